The van der Waals surface area contributed by atoms with Gasteiger partial charge in [-0.15, -0.1) is 5.10 Å². The van der Waals surface area contributed by atoms with E-state index in [-0.39, 0.29) is 6.04 Å². The van der Waals surface area contributed by atoms with Crippen molar-refractivity contribution in [2.75, 3.05) is 6.54 Å². The zero-order valence-electron chi connectivity index (χ0n) is 10.2. The Morgan fingerprint density at radius 3 is 2.88 bits per heavy atom. The van der Waals surface area contributed by atoms with Gasteiger partial charge < -0.3 is 5.32 Å². The number of nitrogens with one attached hydrogen (secondary N) is 1. The molecule has 0 fully saturated rings. The first-order valence-corrected chi connectivity index (χ1v) is 5.81. The summed E-state index contributed by atoms with van der Waals surface area (Å²) >= 11 is 0. The Hall–Kier alpha value is -1.75. The molecule has 0 radical (unpaired) electrons. The van der Waals surface area contributed by atoms with Crippen molar-refractivity contribution in [1.29, 1.82) is 0 Å². The van der Waals surface area contributed by atoms with Crippen LogP contribution in [0.1, 0.15) is 30.8 Å². The SMILES string of the molecule is CCCNC(c1ccccn1)c1cnnn1C. The molecule has 2 rings (SSSR count). The van der Waals surface area contributed by atoms with Gasteiger partial charge in [-0.1, -0.05) is 18.2 Å². The lowest BCUT2D eigenvalue weighted by Crippen LogP contribution is -2.26. The van der Waals surface area contributed by atoms with E-state index >= 15 is 0 Å². The van der Waals surface area contributed by atoms with Gasteiger partial charge >= 0.3 is 0 Å². The Morgan fingerprint density at radius 2 is 2.29 bits per heavy atom. The number of hydrogen-bond acceptors (Lipinski definition) is 4. The van der Waals surface area contributed by atoms with Crippen LogP contribution in [-0.2, 0) is 7.05 Å². The van der Waals surface area contributed by atoms with Gasteiger partial charge in [0.25, 0.3) is 0 Å². The molecule has 5 nitrogen and oxygen atoms in total. The normalized spacial score (nSPS) is 12.6. The Bertz CT molecular complexity index is 451. The highest BCUT2D eigenvalue weighted by atomic mass is 15.4. The topological polar surface area (TPSA) is 55.6 Å². The average Bonchev–Trinajstić information content (AvgIpc) is 2.78. The second kappa shape index (κ2) is 5.54. The maximum atomic E-state index is 4.40. The molecule has 1 atom stereocenters. The number of aromatic nitrogens is 4. The summed E-state index contributed by atoms with van der Waals surface area (Å²) < 4.78 is 1.78. The fourth-order valence-electron chi connectivity index (χ4n) is 1.76. The van der Waals surface area contributed by atoms with E-state index in [4.69, 9.17) is 0 Å². The third kappa shape index (κ3) is 2.68. The number of nitrogens with zero attached hydrogens (tertiary/aromatic N) is 4. The van der Waals surface area contributed by atoms with Crippen molar-refractivity contribution in [3.05, 3.63) is 42.0 Å². The molecule has 90 valence electrons. The van der Waals surface area contributed by atoms with E-state index in [9.17, 15) is 0 Å². The lowest BCUT2D eigenvalue weighted by atomic mass is 10.1. The minimum atomic E-state index is 0.0520. The predicted molar refractivity (Wildman–Crippen MR) is 65.4 cm³/mol. The molecule has 0 saturated carbocycles. The van der Waals surface area contributed by atoms with Crippen molar-refractivity contribution < 1.29 is 0 Å². The van der Waals surface area contributed by atoms with Crippen molar-refractivity contribution in [2.45, 2.75) is 19.4 Å². The molecule has 2 heterocycles. The van der Waals surface area contributed by atoms with Crippen molar-refractivity contribution in [3.63, 3.8) is 0 Å². The summed E-state index contributed by atoms with van der Waals surface area (Å²) in [6.45, 7) is 3.08. The van der Waals surface area contributed by atoms with Gasteiger partial charge in [-0.2, -0.15) is 0 Å². The van der Waals surface area contributed by atoms with Crippen LogP contribution in [0.3, 0.4) is 0 Å². The Kier molecular flexibility index (Phi) is 3.82. The molecule has 5 heteroatoms. The number of hydrogen-bond donors (Lipinski definition) is 1. The van der Waals surface area contributed by atoms with E-state index in [1.807, 2.05) is 25.2 Å². The van der Waals surface area contributed by atoms with Crippen LogP contribution in [0.4, 0.5) is 0 Å². The zero-order valence-corrected chi connectivity index (χ0v) is 10.2. The highest BCUT2D eigenvalue weighted by molar-refractivity contribution is 5.19. The second-order valence-electron chi connectivity index (χ2n) is 3.92. The van der Waals surface area contributed by atoms with Crippen LogP contribution in [0.5, 0.6) is 0 Å². The number of pyridine rings is 1. The molecule has 1 unspecified atom stereocenters. The highest BCUT2D eigenvalue weighted by Crippen LogP contribution is 2.18. The number of aryl methyl sites for hydroxylation is 1. The van der Waals surface area contributed by atoms with Gasteiger partial charge in [0.2, 0.25) is 0 Å². The van der Waals surface area contributed by atoms with Gasteiger partial charge in [-0.05, 0) is 25.1 Å². The molecule has 0 bridgehead atoms. The molecule has 17 heavy (non-hydrogen) atoms. The average molecular weight is 231 g/mol. The zero-order chi connectivity index (χ0) is 12.1. The smallest absolute Gasteiger partial charge is 0.0938 e. The van der Waals surface area contributed by atoms with Gasteiger partial charge in [-0.3, -0.25) is 9.67 Å². The van der Waals surface area contributed by atoms with E-state index in [1.165, 1.54) is 0 Å². The fourth-order valence-corrected chi connectivity index (χ4v) is 1.76. The molecule has 1 N–H and O–H groups in total. The van der Waals surface area contributed by atoms with Gasteiger partial charge in [0.15, 0.2) is 0 Å². The summed E-state index contributed by atoms with van der Waals surface area (Å²) in [6, 6.07) is 5.98. The largest absolute Gasteiger partial charge is 0.304 e. The molecule has 0 amide bonds. The van der Waals surface area contributed by atoms with Crippen LogP contribution in [-0.4, -0.2) is 26.5 Å². The van der Waals surface area contributed by atoms with Crippen LogP contribution < -0.4 is 5.32 Å². The molecule has 2 aromatic rings. The lowest BCUT2D eigenvalue weighted by Gasteiger charge is -2.17. The first kappa shape index (κ1) is 11.7. The van der Waals surface area contributed by atoms with Crippen LogP contribution in [0.2, 0.25) is 0 Å². The summed E-state index contributed by atoms with van der Waals surface area (Å²) in [5.74, 6) is 0. The van der Waals surface area contributed by atoms with Crippen molar-refractivity contribution >= 4 is 0 Å². The van der Waals surface area contributed by atoms with Crippen LogP contribution in [0.15, 0.2) is 30.6 Å². The monoisotopic (exact) mass is 231 g/mol. The second-order valence-corrected chi connectivity index (χ2v) is 3.92. The Balaban J connectivity index is 2.29. The maximum absolute atomic E-state index is 4.40. The molecule has 0 aromatic carbocycles. The molecule has 0 aliphatic heterocycles. The van der Waals surface area contributed by atoms with E-state index < -0.39 is 0 Å². The van der Waals surface area contributed by atoms with Gasteiger partial charge in [0.05, 0.1) is 23.6 Å². The van der Waals surface area contributed by atoms with Crippen molar-refractivity contribution in [1.82, 2.24) is 25.3 Å². The standard InChI is InChI=1S/C12H17N5/c1-3-7-14-12(10-6-4-5-8-13-10)11-9-15-16-17(11)2/h4-6,8-9,12,14H,3,7H2,1-2H3. The predicted octanol–water partition coefficient (Wildman–Crippen LogP) is 1.30. The summed E-state index contributed by atoms with van der Waals surface area (Å²) in [5.41, 5.74) is 2.02. The minimum Gasteiger partial charge on any atom is -0.304 e. The molecular weight excluding hydrogens is 214 g/mol. The quantitative estimate of drug-likeness (QED) is 0.842. The highest BCUT2D eigenvalue weighted by Gasteiger charge is 2.17. The fraction of sp³-hybridized carbons (Fsp3) is 0.417. The molecule has 2 aromatic heterocycles. The van der Waals surface area contributed by atoms with Crippen LogP contribution in [0, 0.1) is 0 Å². The molecule has 0 aliphatic carbocycles. The first-order chi connectivity index (χ1) is 8.33. The van der Waals surface area contributed by atoms with Gasteiger partial charge in [-0.25, -0.2) is 0 Å². The minimum absolute atomic E-state index is 0.0520. The van der Waals surface area contributed by atoms with Crippen LogP contribution >= 0.6 is 0 Å². The van der Waals surface area contributed by atoms with Crippen molar-refractivity contribution in [2.24, 2.45) is 7.05 Å². The molecule has 0 aliphatic rings. The Labute approximate surface area is 101 Å². The summed E-state index contributed by atoms with van der Waals surface area (Å²) in [4.78, 5) is 4.40. The summed E-state index contributed by atoms with van der Waals surface area (Å²) in [5, 5.41) is 11.4. The molecule has 0 saturated heterocycles. The summed E-state index contributed by atoms with van der Waals surface area (Å²) in [7, 11) is 1.89. The summed E-state index contributed by atoms with van der Waals surface area (Å²) in [6.07, 6.45) is 4.66. The molecule has 0 spiro atoms. The van der Waals surface area contributed by atoms with Crippen molar-refractivity contribution in [3.8, 4) is 0 Å². The van der Waals surface area contributed by atoms with E-state index in [1.54, 1.807) is 17.1 Å². The van der Waals surface area contributed by atoms with Gasteiger partial charge in [0, 0.05) is 13.2 Å². The molecular formula is C12H17N5. The first-order valence-electron chi connectivity index (χ1n) is 5.81. The lowest BCUT2D eigenvalue weighted by molar-refractivity contribution is 0.541. The number of rotatable bonds is 5. The van der Waals surface area contributed by atoms with E-state index in [0.717, 1.165) is 24.4 Å². The third-order valence-corrected chi connectivity index (χ3v) is 2.63. The maximum Gasteiger partial charge on any atom is 0.0938 e. The van der Waals surface area contributed by atoms with Crippen LogP contribution in [0.25, 0.3) is 0 Å². The third-order valence-electron chi connectivity index (χ3n) is 2.63. The van der Waals surface area contributed by atoms with E-state index in [0.29, 0.717) is 0 Å². The Morgan fingerprint density at radius 1 is 1.41 bits per heavy atom. The van der Waals surface area contributed by atoms with E-state index in [2.05, 4.69) is 27.5 Å². The van der Waals surface area contributed by atoms with Gasteiger partial charge in [0.1, 0.15) is 0 Å².